The number of hydrogen-bond donors (Lipinski definition) is 1. The van der Waals surface area contributed by atoms with Crippen molar-refractivity contribution in [3.05, 3.63) is 29.8 Å². The molecule has 0 atom stereocenters. The number of aryl methyl sites for hydroxylation is 1. The van der Waals surface area contributed by atoms with E-state index in [-0.39, 0.29) is 7.78 Å². The molecule has 0 heterocycles. The van der Waals surface area contributed by atoms with Crippen LogP contribution in [-0.4, -0.2) is 0 Å². The van der Waals surface area contributed by atoms with Crippen LogP contribution in [0.1, 0.15) is 5.56 Å². The minimum absolute atomic E-state index is 0.236. The number of thiol groups is 1. The van der Waals surface area contributed by atoms with Crippen LogP contribution in [0.3, 0.4) is 0 Å². The second-order valence-electron chi connectivity index (χ2n) is 2.15. The molecule has 0 aliphatic rings. The first-order chi connectivity index (χ1) is 4.33. The first-order valence-electron chi connectivity index (χ1n) is 2.99. The minimum atomic E-state index is -0.236. The van der Waals surface area contributed by atoms with Crippen molar-refractivity contribution in [2.45, 2.75) is 6.92 Å². The molecule has 0 N–H and O–H groups in total. The van der Waals surface area contributed by atoms with Gasteiger partial charge in [-0.3, -0.25) is 0 Å². The van der Waals surface area contributed by atoms with Gasteiger partial charge in [-0.1, -0.05) is 0 Å². The van der Waals surface area contributed by atoms with Crippen LogP contribution in [0.5, 0.6) is 0 Å². The van der Waals surface area contributed by atoms with Crippen molar-refractivity contribution in [1.82, 2.24) is 0 Å². The molecule has 2 heteroatoms. The van der Waals surface area contributed by atoms with Crippen LogP contribution < -0.4 is 5.30 Å². The quantitative estimate of drug-likeness (QED) is 0.466. The van der Waals surface area contributed by atoms with E-state index in [4.69, 9.17) is 0 Å². The number of hydrogen-bond acceptors (Lipinski definition) is 1. The van der Waals surface area contributed by atoms with E-state index < -0.39 is 0 Å². The van der Waals surface area contributed by atoms with Crippen molar-refractivity contribution in [2.24, 2.45) is 0 Å². The Morgan fingerprint density at radius 3 is 2.67 bits per heavy atom. The van der Waals surface area contributed by atoms with E-state index in [9.17, 15) is 0 Å². The fourth-order valence-electron chi connectivity index (χ4n) is 0.810. The summed E-state index contributed by atoms with van der Waals surface area (Å²) in [5, 5.41) is 1.43. The van der Waals surface area contributed by atoms with Gasteiger partial charge in [0.1, 0.15) is 0 Å². The van der Waals surface area contributed by atoms with Crippen molar-refractivity contribution in [3.8, 4) is 0 Å². The van der Waals surface area contributed by atoms with E-state index in [0.717, 1.165) is 0 Å². The SMILES string of the molecule is Cc1cccc([PH3]S)c1. The predicted octanol–water partition coefficient (Wildman–Crippen LogP) is 1.61. The third-order valence-electron chi connectivity index (χ3n) is 1.27. The molecule has 1 aromatic rings. The van der Waals surface area contributed by atoms with Gasteiger partial charge in [0.2, 0.25) is 0 Å². The van der Waals surface area contributed by atoms with Crippen molar-refractivity contribution in [1.29, 1.82) is 0 Å². The average molecular weight is 158 g/mol. The molecule has 0 bridgehead atoms. The molecule has 0 radical (unpaired) electrons. The average Bonchev–Trinajstić information content (AvgIpc) is 1.88. The number of rotatable bonds is 1. The molecular weight excluding hydrogens is 147 g/mol. The molecule has 50 valence electrons. The Hall–Kier alpha value is -0.0000000000000000555. The van der Waals surface area contributed by atoms with Gasteiger partial charge < -0.3 is 0 Å². The standard InChI is InChI=1S/C7H11PS/c1-6-3-2-4-7(5-6)8-9/h2-5,9H,1,8H3. The summed E-state index contributed by atoms with van der Waals surface area (Å²) in [5.74, 6) is 0. The van der Waals surface area contributed by atoms with Crippen LogP contribution in [0.15, 0.2) is 24.3 Å². The van der Waals surface area contributed by atoms with Crippen LogP contribution in [0, 0.1) is 6.92 Å². The molecule has 1 rings (SSSR count). The fraction of sp³-hybridized carbons (Fsp3) is 0.143. The molecule has 9 heavy (non-hydrogen) atoms. The Bertz CT molecular complexity index is 198. The second-order valence-corrected chi connectivity index (χ2v) is 4.23. The molecule has 0 amide bonds. The van der Waals surface area contributed by atoms with Crippen molar-refractivity contribution in [2.75, 3.05) is 0 Å². The zero-order chi connectivity index (χ0) is 6.69. The summed E-state index contributed by atoms with van der Waals surface area (Å²) in [6.07, 6.45) is 0. The molecule has 0 aromatic heterocycles. The molecule has 0 aliphatic heterocycles. The Labute approximate surface area is 62.6 Å². The summed E-state index contributed by atoms with van der Waals surface area (Å²) in [6.45, 7) is 2.11. The first kappa shape index (κ1) is 7.11. The van der Waals surface area contributed by atoms with E-state index in [0.29, 0.717) is 0 Å². The third kappa shape index (κ3) is 2.00. The van der Waals surface area contributed by atoms with Crippen LogP contribution in [0.25, 0.3) is 0 Å². The summed E-state index contributed by atoms with van der Waals surface area (Å²) in [4.78, 5) is 0. The zero-order valence-electron chi connectivity index (χ0n) is 5.46. The summed E-state index contributed by atoms with van der Waals surface area (Å²) in [5.41, 5.74) is 1.34. The van der Waals surface area contributed by atoms with Gasteiger partial charge in [-0.05, 0) is 0 Å². The van der Waals surface area contributed by atoms with E-state index in [2.05, 4.69) is 43.4 Å². The third-order valence-corrected chi connectivity index (χ3v) is 3.17. The van der Waals surface area contributed by atoms with E-state index in [1.54, 1.807) is 0 Å². The van der Waals surface area contributed by atoms with Gasteiger partial charge in [-0.2, -0.15) is 0 Å². The first-order valence-corrected chi connectivity index (χ1v) is 6.23. The molecular formula is C7H11PS. The van der Waals surface area contributed by atoms with Crippen LogP contribution >= 0.6 is 20.0 Å². The maximum absolute atomic E-state index is 4.30. The Kier molecular flexibility index (Phi) is 2.56. The predicted molar refractivity (Wildman–Crippen MR) is 50.9 cm³/mol. The van der Waals surface area contributed by atoms with Crippen LogP contribution in [0.4, 0.5) is 0 Å². The molecule has 0 saturated carbocycles. The second kappa shape index (κ2) is 3.24. The Morgan fingerprint density at radius 2 is 2.22 bits per heavy atom. The molecule has 1 aromatic carbocycles. The van der Waals surface area contributed by atoms with E-state index in [1.807, 2.05) is 0 Å². The molecule has 0 saturated heterocycles. The van der Waals surface area contributed by atoms with Crippen molar-refractivity contribution < 1.29 is 0 Å². The monoisotopic (exact) mass is 158 g/mol. The summed E-state index contributed by atoms with van der Waals surface area (Å²) in [6, 6.07) is 8.56. The van der Waals surface area contributed by atoms with Crippen LogP contribution in [0.2, 0.25) is 0 Å². The number of benzene rings is 1. The summed E-state index contributed by atoms with van der Waals surface area (Å²) >= 11 is 4.30. The Balaban J connectivity index is 2.94. The van der Waals surface area contributed by atoms with Crippen LogP contribution in [-0.2, 0) is 0 Å². The van der Waals surface area contributed by atoms with Gasteiger partial charge in [-0.25, -0.2) is 0 Å². The van der Waals surface area contributed by atoms with Crippen molar-refractivity contribution >= 4 is 25.3 Å². The van der Waals surface area contributed by atoms with Crippen molar-refractivity contribution in [3.63, 3.8) is 0 Å². The zero-order valence-corrected chi connectivity index (χ0v) is 7.77. The van der Waals surface area contributed by atoms with E-state index in [1.165, 1.54) is 10.9 Å². The van der Waals surface area contributed by atoms with Gasteiger partial charge in [-0.15, -0.1) is 0 Å². The van der Waals surface area contributed by atoms with Gasteiger partial charge in [0, 0.05) is 0 Å². The van der Waals surface area contributed by atoms with Gasteiger partial charge in [0.15, 0.2) is 0 Å². The normalized spacial score (nSPS) is 10.0. The Morgan fingerprint density at radius 1 is 1.44 bits per heavy atom. The fourth-order valence-corrected chi connectivity index (χ4v) is 2.06. The molecule has 0 aliphatic carbocycles. The van der Waals surface area contributed by atoms with Gasteiger partial charge in [0.05, 0.1) is 0 Å². The molecule has 0 fully saturated rings. The summed E-state index contributed by atoms with van der Waals surface area (Å²) < 4.78 is 0. The summed E-state index contributed by atoms with van der Waals surface area (Å²) in [7, 11) is -0.236. The molecule has 0 unspecified atom stereocenters. The van der Waals surface area contributed by atoms with Gasteiger partial charge in [0.25, 0.3) is 0 Å². The molecule has 0 spiro atoms. The maximum atomic E-state index is 4.30. The van der Waals surface area contributed by atoms with Gasteiger partial charge >= 0.3 is 62.1 Å². The molecule has 0 nitrogen and oxygen atoms in total. The van der Waals surface area contributed by atoms with E-state index >= 15 is 0 Å². The topological polar surface area (TPSA) is 0 Å².